The van der Waals surface area contributed by atoms with Crippen LogP contribution in [0.3, 0.4) is 0 Å². The van der Waals surface area contributed by atoms with E-state index in [2.05, 4.69) is 16.8 Å². The van der Waals surface area contributed by atoms with Crippen molar-refractivity contribution in [3.63, 3.8) is 0 Å². The Kier molecular flexibility index (Phi) is 3.26. The number of anilines is 1. The van der Waals surface area contributed by atoms with Crippen molar-refractivity contribution in [2.45, 2.75) is 12.8 Å². The molecule has 0 saturated carbocycles. The maximum atomic E-state index is 5.79. The van der Waals surface area contributed by atoms with Crippen LogP contribution < -0.4 is 4.90 Å². The molecule has 3 nitrogen and oxygen atoms in total. The third kappa shape index (κ3) is 2.02. The average Bonchev–Trinajstić information content (AvgIpc) is 2.61. The van der Waals surface area contributed by atoms with E-state index in [1.54, 1.807) is 11.3 Å². The van der Waals surface area contributed by atoms with Crippen LogP contribution >= 0.6 is 22.9 Å². The Hall–Kier alpha value is -0.320. The minimum absolute atomic E-state index is 0.507. The van der Waals surface area contributed by atoms with Gasteiger partial charge in [-0.2, -0.15) is 0 Å². The maximum Gasteiger partial charge on any atom is 0.185 e. The zero-order chi connectivity index (χ0) is 9.97. The molecule has 78 valence electrons. The van der Waals surface area contributed by atoms with Crippen LogP contribution in [0.1, 0.15) is 10.6 Å². The van der Waals surface area contributed by atoms with E-state index < -0.39 is 0 Å². The van der Waals surface area contributed by atoms with Crippen LogP contribution in [0.5, 0.6) is 0 Å². The number of morpholine rings is 1. The molecule has 0 aliphatic carbocycles. The Labute approximate surface area is 92.7 Å². The van der Waals surface area contributed by atoms with Gasteiger partial charge in [0.2, 0.25) is 0 Å². The smallest absolute Gasteiger partial charge is 0.185 e. The molecule has 2 rings (SSSR count). The lowest BCUT2D eigenvalue weighted by atomic mass is 10.4. The first-order valence-corrected chi connectivity index (χ1v) is 6.01. The predicted octanol–water partition coefficient (Wildman–Crippen LogP) is 2.03. The number of rotatable bonds is 2. The molecule has 1 aromatic rings. The van der Waals surface area contributed by atoms with E-state index in [4.69, 9.17) is 16.3 Å². The van der Waals surface area contributed by atoms with Crippen molar-refractivity contribution in [2.75, 3.05) is 31.2 Å². The van der Waals surface area contributed by atoms with E-state index in [0.29, 0.717) is 5.88 Å². The second-order valence-corrected chi connectivity index (χ2v) is 4.68. The first-order chi connectivity index (χ1) is 6.81. The SMILES string of the molecule is Cc1sc(N2CCOCC2)nc1CCl. The molecule has 1 fully saturated rings. The zero-order valence-corrected chi connectivity index (χ0v) is 9.70. The van der Waals surface area contributed by atoms with E-state index in [1.165, 1.54) is 4.88 Å². The van der Waals surface area contributed by atoms with Gasteiger partial charge in [0.05, 0.1) is 24.8 Å². The summed E-state index contributed by atoms with van der Waals surface area (Å²) in [5.41, 5.74) is 1.01. The molecule has 0 bridgehead atoms. The Morgan fingerprint density at radius 2 is 2.21 bits per heavy atom. The van der Waals surface area contributed by atoms with Crippen molar-refractivity contribution in [3.8, 4) is 0 Å². The van der Waals surface area contributed by atoms with E-state index in [-0.39, 0.29) is 0 Å². The lowest BCUT2D eigenvalue weighted by Gasteiger charge is -2.26. The molecule has 5 heteroatoms. The summed E-state index contributed by atoms with van der Waals surface area (Å²) in [6.45, 7) is 5.55. The summed E-state index contributed by atoms with van der Waals surface area (Å²) in [6.07, 6.45) is 0. The summed E-state index contributed by atoms with van der Waals surface area (Å²) in [5, 5.41) is 1.08. The molecule has 1 aromatic heterocycles. The maximum absolute atomic E-state index is 5.79. The first kappa shape index (κ1) is 10.2. The molecule has 14 heavy (non-hydrogen) atoms. The quantitative estimate of drug-likeness (QED) is 0.730. The second-order valence-electron chi connectivity index (χ2n) is 3.23. The van der Waals surface area contributed by atoms with Gasteiger partial charge in [0, 0.05) is 18.0 Å². The topological polar surface area (TPSA) is 25.4 Å². The average molecular weight is 233 g/mol. The van der Waals surface area contributed by atoms with Gasteiger partial charge in [-0.15, -0.1) is 22.9 Å². The number of nitrogens with zero attached hydrogens (tertiary/aromatic N) is 2. The van der Waals surface area contributed by atoms with Crippen molar-refractivity contribution < 1.29 is 4.74 Å². The highest BCUT2D eigenvalue weighted by atomic mass is 35.5. The van der Waals surface area contributed by atoms with Gasteiger partial charge in [0.25, 0.3) is 0 Å². The lowest BCUT2D eigenvalue weighted by Crippen LogP contribution is -2.36. The number of thiazole rings is 1. The van der Waals surface area contributed by atoms with Crippen molar-refractivity contribution in [1.82, 2.24) is 4.98 Å². The van der Waals surface area contributed by atoms with Crippen LogP contribution in [0.2, 0.25) is 0 Å². The van der Waals surface area contributed by atoms with Gasteiger partial charge in [-0.3, -0.25) is 0 Å². The monoisotopic (exact) mass is 232 g/mol. The minimum Gasteiger partial charge on any atom is -0.378 e. The zero-order valence-electron chi connectivity index (χ0n) is 8.12. The molecular formula is C9H13ClN2OS. The molecule has 0 amide bonds. The number of aryl methyl sites for hydroxylation is 1. The molecular weight excluding hydrogens is 220 g/mol. The van der Waals surface area contributed by atoms with Crippen LogP contribution in [0.15, 0.2) is 0 Å². The highest BCUT2D eigenvalue weighted by Gasteiger charge is 2.16. The normalized spacial score (nSPS) is 17.4. The lowest BCUT2D eigenvalue weighted by molar-refractivity contribution is 0.122. The molecule has 0 spiro atoms. The van der Waals surface area contributed by atoms with Gasteiger partial charge in [0.15, 0.2) is 5.13 Å². The summed E-state index contributed by atoms with van der Waals surface area (Å²) < 4.78 is 5.29. The van der Waals surface area contributed by atoms with Crippen molar-refractivity contribution >= 4 is 28.1 Å². The fourth-order valence-electron chi connectivity index (χ4n) is 1.43. The fraction of sp³-hybridized carbons (Fsp3) is 0.667. The van der Waals surface area contributed by atoms with E-state index in [0.717, 1.165) is 37.1 Å². The van der Waals surface area contributed by atoms with Gasteiger partial charge < -0.3 is 9.64 Å². The molecule has 0 unspecified atom stereocenters. The Morgan fingerprint density at radius 3 is 2.79 bits per heavy atom. The van der Waals surface area contributed by atoms with Crippen LogP contribution in [-0.2, 0) is 10.6 Å². The number of hydrogen-bond donors (Lipinski definition) is 0. The van der Waals surface area contributed by atoms with Crippen molar-refractivity contribution in [2.24, 2.45) is 0 Å². The number of ether oxygens (including phenoxy) is 1. The number of aromatic nitrogens is 1. The summed E-state index contributed by atoms with van der Waals surface area (Å²) in [5.74, 6) is 0.507. The summed E-state index contributed by atoms with van der Waals surface area (Å²) >= 11 is 7.51. The predicted molar refractivity (Wildman–Crippen MR) is 59.4 cm³/mol. The number of alkyl halides is 1. The summed E-state index contributed by atoms with van der Waals surface area (Å²) in [6, 6.07) is 0. The Balaban J connectivity index is 2.14. The highest BCUT2D eigenvalue weighted by molar-refractivity contribution is 7.15. The van der Waals surface area contributed by atoms with Crippen LogP contribution in [-0.4, -0.2) is 31.3 Å². The van der Waals surface area contributed by atoms with Crippen molar-refractivity contribution in [1.29, 1.82) is 0 Å². The standard InChI is InChI=1S/C9H13ClN2OS/c1-7-8(6-10)11-9(14-7)12-2-4-13-5-3-12/h2-6H2,1H3. The molecule has 0 radical (unpaired) electrons. The molecule has 0 N–H and O–H groups in total. The van der Waals surface area contributed by atoms with E-state index in [1.807, 2.05) is 0 Å². The molecule has 1 aliphatic heterocycles. The summed E-state index contributed by atoms with van der Waals surface area (Å²) in [4.78, 5) is 7.99. The third-order valence-corrected chi connectivity index (χ3v) is 3.62. The van der Waals surface area contributed by atoms with Gasteiger partial charge >= 0.3 is 0 Å². The van der Waals surface area contributed by atoms with Crippen LogP contribution in [0.4, 0.5) is 5.13 Å². The number of hydrogen-bond acceptors (Lipinski definition) is 4. The Morgan fingerprint density at radius 1 is 1.50 bits per heavy atom. The molecule has 1 saturated heterocycles. The third-order valence-electron chi connectivity index (χ3n) is 2.29. The molecule has 1 aliphatic rings. The number of halogens is 1. The van der Waals surface area contributed by atoms with Crippen LogP contribution in [0.25, 0.3) is 0 Å². The first-order valence-electron chi connectivity index (χ1n) is 4.66. The van der Waals surface area contributed by atoms with E-state index in [9.17, 15) is 0 Å². The van der Waals surface area contributed by atoms with E-state index >= 15 is 0 Å². The second kappa shape index (κ2) is 4.47. The van der Waals surface area contributed by atoms with Crippen molar-refractivity contribution in [3.05, 3.63) is 10.6 Å². The van der Waals surface area contributed by atoms with Gasteiger partial charge in [0.1, 0.15) is 0 Å². The van der Waals surface area contributed by atoms with Gasteiger partial charge in [-0.25, -0.2) is 4.98 Å². The van der Waals surface area contributed by atoms with Gasteiger partial charge in [-0.05, 0) is 6.92 Å². The Bertz CT molecular complexity index is 310. The highest BCUT2D eigenvalue weighted by Crippen LogP contribution is 2.26. The largest absolute Gasteiger partial charge is 0.378 e. The summed E-state index contributed by atoms with van der Waals surface area (Å²) in [7, 11) is 0. The molecule has 0 atom stereocenters. The van der Waals surface area contributed by atoms with Gasteiger partial charge in [-0.1, -0.05) is 0 Å². The minimum atomic E-state index is 0.507. The fourth-order valence-corrected chi connectivity index (χ4v) is 2.74. The van der Waals surface area contributed by atoms with Crippen LogP contribution in [0, 0.1) is 6.92 Å². The molecule has 2 heterocycles. The molecule has 0 aromatic carbocycles.